The van der Waals surface area contributed by atoms with Crippen LogP contribution < -0.4 is 5.43 Å². The maximum absolute atomic E-state index is 13.0. The lowest BCUT2D eigenvalue weighted by molar-refractivity contribution is 0.0956. The van der Waals surface area contributed by atoms with E-state index in [2.05, 4.69) is 41.7 Å². The predicted molar refractivity (Wildman–Crippen MR) is 129 cm³/mol. The maximum atomic E-state index is 13.0. The van der Waals surface area contributed by atoms with Gasteiger partial charge in [-0.15, -0.1) is 0 Å². The van der Waals surface area contributed by atoms with Gasteiger partial charge in [0, 0.05) is 10.9 Å². The minimum atomic E-state index is -0.283. The molecule has 2 heterocycles. The third-order valence-corrected chi connectivity index (χ3v) is 5.10. The van der Waals surface area contributed by atoms with Crippen molar-refractivity contribution in [2.45, 2.75) is 26.7 Å². The highest BCUT2D eigenvalue weighted by molar-refractivity contribution is 6.07. The first-order valence-electron chi connectivity index (χ1n) is 10.7. The van der Waals surface area contributed by atoms with Crippen LogP contribution >= 0.6 is 0 Å². The number of rotatable bonds is 7. The number of allylic oxidation sites excluding steroid dienone is 1. The van der Waals surface area contributed by atoms with E-state index in [4.69, 9.17) is 9.40 Å². The number of hydrazone groups is 1. The molecule has 0 atom stereocenters. The number of hydrogen-bond donors (Lipinski definition) is 1. The molecule has 0 aliphatic heterocycles. The summed E-state index contributed by atoms with van der Waals surface area (Å²) < 4.78 is 5.29. The molecule has 4 rings (SSSR count). The fourth-order valence-corrected chi connectivity index (χ4v) is 3.53. The summed E-state index contributed by atoms with van der Waals surface area (Å²) in [5.74, 6) is 0.449. The Morgan fingerprint density at radius 1 is 1.09 bits per heavy atom. The number of nitrogens with zero attached hydrogens (tertiary/aromatic N) is 2. The molecule has 4 aromatic rings. The van der Waals surface area contributed by atoms with Crippen LogP contribution in [0.4, 0.5) is 0 Å². The molecule has 0 aliphatic carbocycles. The third-order valence-electron chi connectivity index (χ3n) is 5.10. The fraction of sp³-hybridized carbons (Fsp3) is 0.148. The number of carbonyl (C=O) groups is 1. The molecule has 2 aromatic heterocycles. The van der Waals surface area contributed by atoms with Crippen molar-refractivity contribution < 1.29 is 9.21 Å². The lowest BCUT2D eigenvalue weighted by Gasteiger charge is -2.09. The Balaban J connectivity index is 1.61. The van der Waals surface area contributed by atoms with Gasteiger partial charge < -0.3 is 4.42 Å². The lowest BCUT2D eigenvalue weighted by Crippen LogP contribution is -2.18. The van der Waals surface area contributed by atoms with E-state index in [0.717, 1.165) is 46.3 Å². The van der Waals surface area contributed by atoms with Gasteiger partial charge in [0.2, 0.25) is 0 Å². The molecule has 0 saturated carbocycles. The number of benzene rings is 2. The molecule has 2 aromatic carbocycles. The van der Waals surface area contributed by atoms with Crippen molar-refractivity contribution in [3.63, 3.8) is 0 Å². The monoisotopic (exact) mass is 423 g/mol. The lowest BCUT2D eigenvalue weighted by atomic mass is 10.0. The SMILES string of the molecule is CCCc1ccc(-c2cc(C(=O)NN=C/C(C)=C\c3ccco3)c3ccccc3n2)cc1. The number of hydrogen-bond acceptors (Lipinski definition) is 4. The molecule has 0 radical (unpaired) electrons. The van der Waals surface area contributed by atoms with Gasteiger partial charge in [-0.2, -0.15) is 5.10 Å². The summed E-state index contributed by atoms with van der Waals surface area (Å²) in [7, 11) is 0. The predicted octanol–water partition coefficient (Wildman–Crippen LogP) is 6.27. The van der Waals surface area contributed by atoms with Crippen LogP contribution in [-0.2, 0) is 6.42 Å². The average molecular weight is 424 g/mol. The van der Waals surface area contributed by atoms with Crippen LogP contribution in [-0.4, -0.2) is 17.1 Å². The van der Waals surface area contributed by atoms with E-state index >= 15 is 0 Å². The second-order valence-electron chi connectivity index (χ2n) is 7.62. The first-order chi connectivity index (χ1) is 15.6. The second-order valence-corrected chi connectivity index (χ2v) is 7.62. The van der Waals surface area contributed by atoms with Crippen LogP contribution in [0.1, 0.15) is 41.9 Å². The molecule has 0 bridgehead atoms. The molecule has 0 saturated heterocycles. The van der Waals surface area contributed by atoms with Crippen molar-refractivity contribution in [2.24, 2.45) is 5.10 Å². The van der Waals surface area contributed by atoms with E-state index in [1.54, 1.807) is 12.5 Å². The molecule has 5 heteroatoms. The molecule has 0 aliphatic rings. The summed E-state index contributed by atoms with van der Waals surface area (Å²) in [6, 6.07) is 21.5. The van der Waals surface area contributed by atoms with Crippen molar-refractivity contribution in [1.82, 2.24) is 10.4 Å². The maximum Gasteiger partial charge on any atom is 0.272 e. The molecule has 160 valence electrons. The Hall–Kier alpha value is -3.99. The Bertz CT molecular complexity index is 1270. The second kappa shape index (κ2) is 9.88. The Morgan fingerprint density at radius 3 is 2.66 bits per heavy atom. The van der Waals surface area contributed by atoms with Gasteiger partial charge in [0.15, 0.2) is 0 Å². The van der Waals surface area contributed by atoms with E-state index in [1.165, 1.54) is 5.56 Å². The summed E-state index contributed by atoms with van der Waals surface area (Å²) in [6.45, 7) is 4.06. The van der Waals surface area contributed by atoms with E-state index in [-0.39, 0.29) is 5.91 Å². The van der Waals surface area contributed by atoms with Crippen LogP contribution in [0.3, 0.4) is 0 Å². The van der Waals surface area contributed by atoms with Crippen molar-refractivity contribution in [2.75, 3.05) is 0 Å². The number of para-hydroxylation sites is 1. The molecule has 0 spiro atoms. The van der Waals surface area contributed by atoms with Crippen molar-refractivity contribution in [3.8, 4) is 11.3 Å². The number of aromatic nitrogens is 1. The fourth-order valence-electron chi connectivity index (χ4n) is 3.53. The van der Waals surface area contributed by atoms with Crippen LogP contribution in [0.2, 0.25) is 0 Å². The number of furan rings is 1. The van der Waals surface area contributed by atoms with Gasteiger partial charge in [0.05, 0.1) is 29.3 Å². The molecular weight excluding hydrogens is 398 g/mol. The Labute approximate surface area is 187 Å². The highest BCUT2D eigenvalue weighted by Crippen LogP contribution is 2.25. The third kappa shape index (κ3) is 5.01. The average Bonchev–Trinajstić information content (AvgIpc) is 3.32. The molecular formula is C27H25N3O2. The van der Waals surface area contributed by atoms with Gasteiger partial charge in [-0.25, -0.2) is 10.4 Å². The molecule has 5 nitrogen and oxygen atoms in total. The van der Waals surface area contributed by atoms with Crippen molar-refractivity contribution >= 4 is 29.1 Å². The topological polar surface area (TPSA) is 67.5 Å². The van der Waals surface area contributed by atoms with Crippen molar-refractivity contribution in [3.05, 3.63) is 95.5 Å². The highest BCUT2D eigenvalue weighted by Gasteiger charge is 2.13. The summed E-state index contributed by atoms with van der Waals surface area (Å²) in [5.41, 5.74) is 7.83. The van der Waals surface area contributed by atoms with Gasteiger partial charge in [0.1, 0.15) is 5.76 Å². The number of nitrogens with one attached hydrogen (secondary N) is 1. The van der Waals surface area contributed by atoms with Crippen molar-refractivity contribution in [1.29, 1.82) is 0 Å². The van der Waals surface area contributed by atoms with Gasteiger partial charge in [0.25, 0.3) is 5.91 Å². The number of carbonyl (C=O) groups excluding carboxylic acids is 1. The van der Waals surface area contributed by atoms with Gasteiger partial charge in [-0.1, -0.05) is 55.8 Å². The minimum absolute atomic E-state index is 0.283. The van der Waals surface area contributed by atoms with Gasteiger partial charge in [-0.3, -0.25) is 4.79 Å². The Morgan fingerprint density at radius 2 is 1.91 bits per heavy atom. The van der Waals surface area contributed by atoms with Gasteiger partial charge >= 0.3 is 0 Å². The van der Waals surface area contributed by atoms with Crippen LogP contribution in [0.5, 0.6) is 0 Å². The van der Waals surface area contributed by atoms with E-state index in [1.807, 2.05) is 55.5 Å². The summed E-state index contributed by atoms with van der Waals surface area (Å²) in [6.07, 6.45) is 7.20. The largest absolute Gasteiger partial charge is 0.465 e. The van der Waals surface area contributed by atoms with Gasteiger partial charge in [-0.05, 0) is 54.8 Å². The first-order valence-corrected chi connectivity index (χ1v) is 10.7. The molecule has 0 fully saturated rings. The quantitative estimate of drug-likeness (QED) is 0.281. The van der Waals surface area contributed by atoms with Crippen LogP contribution in [0.25, 0.3) is 28.2 Å². The summed E-state index contributed by atoms with van der Waals surface area (Å²) in [5, 5.41) is 4.90. The highest BCUT2D eigenvalue weighted by atomic mass is 16.3. The normalized spacial score (nSPS) is 11.9. The van der Waals surface area contributed by atoms with E-state index in [9.17, 15) is 4.79 Å². The zero-order valence-electron chi connectivity index (χ0n) is 18.2. The number of pyridine rings is 1. The molecule has 32 heavy (non-hydrogen) atoms. The van der Waals surface area contributed by atoms with Crippen LogP contribution in [0.15, 0.2) is 88.1 Å². The zero-order chi connectivity index (χ0) is 22.3. The van der Waals surface area contributed by atoms with E-state index < -0.39 is 0 Å². The standard InChI is InChI=1S/C27H25N3O2/c1-3-7-20-11-13-21(14-12-20)26-17-24(23-9-4-5-10-25(23)29-26)27(31)30-28-18-19(2)16-22-8-6-15-32-22/h4-6,8-18H,3,7H2,1-2H3,(H,30,31)/b19-16-,28-18?. The molecule has 1 amide bonds. The molecule has 1 N–H and O–H groups in total. The van der Waals surface area contributed by atoms with E-state index in [0.29, 0.717) is 5.56 Å². The number of aryl methyl sites for hydroxylation is 1. The number of fused-ring (bicyclic) bond motifs is 1. The minimum Gasteiger partial charge on any atom is -0.465 e. The summed E-state index contributed by atoms with van der Waals surface area (Å²) >= 11 is 0. The smallest absolute Gasteiger partial charge is 0.272 e. The first kappa shape index (κ1) is 21.2. The Kier molecular flexibility index (Phi) is 6.56. The summed E-state index contributed by atoms with van der Waals surface area (Å²) in [4.78, 5) is 17.8. The molecule has 0 unspecified atom stereocenters. The zero-order valence-corrected chi connectivity index (χ0v) is 18.2. The van der Waals surface area contributed by atoms with Crippen LogP contribution in [0, 0.1) is 0 Å². The number of amides is 1.